The van der Waals surface area contributed by atoms with Crippen molar-refractivity contribution in [1.29, 1.82) is 0 Å². The summed E-state index contributed by atoms with van der Waals surface area (Å²) in [5, 5.41) is 2.63. The van der Waals surface area contributed by atoms with Gasteiger partial charge in [0.25, 0.3) is 5.91 Å². The van der Waals surface area contributed by atoms with Crippen molar-refractivity contribution in [2.45, 2.75) is 51.7 Å². The number of piperazine rings is 1. The number of rotatable bonds is 3. The number of carbonyl (C=O) groups is 4. The zero-order valence-corrected chi connectivity index (χ0v) is 21.8. The third-order valence-electron chi connectivity index (χ3n) is 6.77. The minimum absolute atomic E-state index is 0.110. The summed E-state index contributed by atoms with van der Waals surface area (Å²) in [6.07, 6.45) is 1.69. The molecule has 0 radical (unpaired) electrons. The average Bonchev–Trinajstić information content (AvgIpc) is 2.83. The molecule has 1 aromatic carbocycles. The van der Waals surface area contributed by atoms with Crippen LogP contribution in [-0.4, -0.2) is 96.1 Å². The molecule has 10 nitrogen and oxygen atoms in total. The maximum atomic E-state index is 13.2. The summed E-state index contributed by atoms with van der Waals surface area (Å²) >= 11 is 6.32. The van der Waals surface area contributed by atoms with Crippen LogP contribution in [0.1, 0.15) is 50.4 Å². The molecule has 3 heterocycles. The summed E-state index contributed by atoms with van der Waals surface area (Å²) in [5.41, 5.74) is 0.377. The zero-order valence-electron chi connectivity index (χ0n) is 21.1. The first-order valence-corrected chi connectivity index (χ1v) is 12.8. The molecule has 5 amide bonds. The zero-order chi connectivity index (χ0) is 26.0. The van der Waals surface area contributed by atoms with Crippen molar-refractivity contribution in [3.05, 3.63) is 28.8 Å². The van der Waals surface area contributed by atoms with Crippen molar-refractivity contribution in [3.63, 3.8) is 0 Å². The predicted octanol–water partition coefficient (Wildman–Crippen LogP) is 2.94. The maximum Gasteiger partial charge on any atom is 0.410 e. The van der Waals surface area contributed by atoms with Crippen molar-refractivity contribution in [1.82, 2.24) is 20.0 Å². The number of benzene rings is 1. The van der Waals surface area contributed by atoms with Crippen LogP contribution >= 0.6 is 11.6 Å². The fourth-order valence-corrected chi connectivity index (χ4v) is 5.08. The number of nitrogens with one attached hydrogen (secondary N) is 1. The third-order valence-corrected chi connectivity index (χ3v) is 7.09. The average molecular weight is 520 g/mol. The van der Waals surface area contributed by atoms with E-state index in [0.717, 1.165) is 25.9 Å². The molecule has 0 atom stereocenters. The van der Waals surface area contributed by atoms with Crippen molar-refractivity contribution in [2.75, 3.05) is 50.7 Å². The van der Waals surface area contributed by atoms with Gasteiger partial charge < -0.3 is 14.5 Å². The van der Waals surface area contributed by atoms with Gasteiger partial charge in [0.15, 0.2) is 0 Å². The first kappa shape index (κ1) is 26.2. The smallest absolute Gasteiger partial charge is 0.410 e. The van der Waals surface area contributed by atoms with Crippen LogP contribution in [0.2, 0.25) is 5.02 Å². The van der Waals surface area contributed by atoms with E-state index in [2.05, 4.69) is 10.2 Å². The van der Waals surface area contributed by atoms with Gasteiger partial charge in [0.1, 0.15) is 5.60 Å². The number of nitrogens with zero attached hydrogens (tertiary/aromatic N) is 4. The predicted molar refractivity (Wildman–Crippen MR) is 135 cm³/mol. The summed E-state index contributed by atoms with van der Waals surface area (Å²) in [4.78, 5) is 56.7. The second-order valence-electron chi connectivity index (χ2n) is 10.4. The van der Waals surface area contributed by atoms with Crippen molar-refractivity contribution in [2.24, 2.45) is 0 Å². The van der Waals surface area contributed by atoms with E-state index in [9.17, 15) is 19.2 Å². The fraction of sp³-hybridized carbons (Fsp3) is 0.600. The molecule has 1 aromatic rings. The standard InChI is InChI=1S/C25H34ClN5O5/c1-25(2,3)36-24(35)30-9-6-18(7-10-30)28-12-14-29(15-13-28)22(33)17-4-5-19(26)20(16-17)31-11-8-21(32)27-23(31)34/h4-5,16,18H,6-15H2,1-3H3,(H,27,32,34). The Labute approximate surface area is 216 Å². The number of imide groups is 1. The van der Waals surface area contributed by atoms with Crippen LogP contribution in [0.5, 0.6) is 0 Å². The van der Waals surface area contributed by atoms with E-state index in [-0.39, 0.29) is 30.9 Å². The SMILES string of the molecule is CC(C)(C)OC(=O)N1CCC(N2CCN(C(=O)c3ccc(Cl)c(N4CCC(=O)NC4=O)c3)CC2)CC1. The lowest BCUT2D eigenvalue weighted by Gasteiger charge is -2.42. The van der Waals surface area contributed by atoms with E-state index in [1.807, 2.05) is 25.7 Å². The molecule has 196 valence electrons. The second kappa shape index (κ2) is 10.6. The molecule has 4 rings (SSSR count). The van der Waals surface area contributed by atoms with E-state index in [1.165, 1.54) is 4.90 Å². The van der Waals surface area contributed by atoms with E-state index in [1.54, 1.807) is 23.1 Å². The molecule has 3 fully saturated rings. The highest BCUT2D eigenvalue weighted by Crippen LogP contribution is 2.29. The molecular formula is C25H34ClN5O5. The highest BCUT2D eigenvalue weighted by atomic mass is 35.5. The molecule has 0 aromatic heterocycles. The number of carbonyl (C=O) groups excluding carboxylic acids is 4. The Morgan fingerprint density at radius 1 is 0.972 bits per heavy atom. The van der Waals surface area contributed by atoms with Crippen LogP contribution in [-0.2, 0) is 9.53 Å². The lowest BCUT2D eigenvalue weighted by Crippen LogP contribution is -2.55. The van der Waals surface area contributed by atoms with E-state index >= 15 is 0 Å². The third kappa shape index (κ3) is 6.10. The van der Waals surface area contributed by atoms with Gasteiger partial charge in [0, 0.05) is 63.8 Å². The highest BCUT2D eigenvalue weighted by Gasteiger charge is 2.32. The van der Waals surface area contributed by atoms with Gasteiger partial charge in [0.2, 0.25) is 5.91 Å². The number of halogens is 1. The number of anilines is 1. The second-order valence-corrected chi connectivity index (χ2v) is 10.9. The highest BCUT2D eigenvalue weighted by molar-refractivity contribution is 6.34. The molecule has 0 saturated carbocycles. The topological polar surface area (TPSA) is 102 Å². The quantitative estimate of drug-likeness (QED) is 0.658. The lowest BCUT2D eigenvalue weighted by molar-refractivity contribution is -0.120. The summed E-state index contributed by atoms with van der Waals surface area (Å²) in [6, 6.07) is 4.74. The largest absolute Gasteiger partial charge is 0.444 e. The number of ether oxygens (including phenoxy) is 1. The monoisotopic (exact) mass is 519 g/mol. The normalized spacial score (nSPS) is 20.4. The van der Waals surface area contributed by atoms with Gasteiger partial charge in [-0.2, -0.15) is 0 Å². The molecule has 1 N–H and O–H groups in total. The summed E-state index contributed by atoms with van der Waals surface area (Å²) < 4.78 is 5.49. The molecular weight excluding hydrogens is 486 g/mol. The number of likely N-dealkylation sites (tertiary alicyclic amines) is 1. The Hall–Kier alpha value is -2.85. The minimum atomic E-state index is -0.538. The van der Waals surface area contributed by atoms with Gasteiger partial charge in [-0.05, 0) is 51.8 Å². The number of amides is 5. The number of hydrogen-bond acceptors (Lipinski definition) is 6. The van der Waals surface area contributed by atoms with Crippen molar-refractivity contribution < 1.29 is 23.9 Å². The summed E-state index contributed by atoms with van der Waals surface area (Å²) in [7, 11) is 0. The van der Waals surface area contributed by atoms with Gasteiger partial charge >= 0.3 is 12.1 Å². The van der Waals surface area contributed by atoms with Crippen molar-refractivity contribution >= 4 is 41.2 Å². The molecule has 3 aliphatic heterocycles. The maximum absolute atomic E-state index is 13.2. The molecule has 3 saturated heterocycles. The van der Waals surface area contributed by atoms with Gasteiger partial charge in [-0.1, -0.05) is 11.6 Å². The molecule has 0 unspecified atom stereocenters. The molecule has 11 heteroatoms. The van der Waals surface area contributed by atoms with Gasteiger partial charge in [-0.3, -0.25) is 24.7 Å². The lowest BCUT2D eigenvalue weighted by atomic mass is 10.0. The molecule has 0 bridgehead atoms. The Bertz CT molecular complexity index is 1030. The Balaban J connectivity index is 1.31. The van der Waals surface area contributed by atoms with Gasteiger partial charge in [-0.15, -0.1) is 0 Å². The molecule has 0 spiro atoms. The first-order valence-electron chi connectivity index (χ1n) is 12.4. The number of hydrogen-bond donors (Lipinski definition) is 1. The van der Waals surface area contributed by atoms with Crippen LogP contribution in [0.15, 0.2) is 18.2 Å². The first-order chi connectivity index (χ1) is 17.0. The van der Waals surface area contributed by atoms with Crippen LogP contribution in [0.3, 0.4) is 0 Å². The minimum Gasteiger partial charge on any atom is -0.444 e. The van der Waals surface area contributed by atoms with Crippen LogP contribution in [0, 0.1) is 0 Å². The van der Waals surface area contributed by atoms with Crippen LogP contribution < -0.4 is 10.2 Å². The Morgan fingerprint density at radius 3 is 2.25 bits per heavy atom. The van der Waals surface area contributed by atoms with Crippen LogP contribution in [0.25, 0.3) is 0 Å². The Morgan fingerprint density at radius 2 is 1.64 bits per heavy atom. The van der Waals surface area contributed by atoms with Crippen molar-refractivity contribution in [3.8, 4) is 0 Å². The molecule has 36 heavy (non-hydrogen) atoms. The number of piperidine rings is 1. The number of urea groups is 1. The molecule has 0 aliphatic carbocycles. The van der Waals surface area contributed by atoms with Gasteiger partial charge in [0.05, 0.1) is 10.7 Å². The van der Waals surface area contributed by atoms with E-state index in [4.69, 9.17) is 16.3 Å². The van der Waals surface area contributed by atoms with Gasteiger partial charge in [-0.25, -0.2) is 9.59 Å². The fourth-order valence-electron chi connectivity index (χ4n) is 4.86. The summed E-state index contributed by atoms with van der Waals surface area (Å²) in [6.45, 7) is 9.89. The van der Waals surface area contributed by atoms with E-state index < -0.39 is 11.6 Å². The molecule has 3 aliphatic rings. The Kier molecular flexibility index (Phi) is 7.75. The van der Waals surface area contributed by atoms with Crippen LogP contribution in [0.4, 0.5) is 15.3 Å². The summed E-state index contributed by atoms with van der Waals surface area (Å²) in [5.74, 6) is -0.436. The van der Waals surface area contributed by atoms with E-state index in [0.29, 0.717) is 48.5 Å².